The smallest absolute Gasteiger partial charge is 0.104 e. The van der Waals surface area contributed by atoms with Gasteiger partial charge in [-0.1, -0.05) is 37.1 Å². The minimum Gasteiger partial charge on any atom is -0.384 e. The third-order valence-electron chi connectivity index (χ3n) is 1.60. The zero-order chi connectivity index (χ0) is 8.81. The number of rotatable bonds is 0. The van der Waals surface area contributed by atoms with E-state index in [0.29, 0.717) is 0 Å². The first-order chi connectivity index (χ1) is 5.88. The molecule has 0 saturated heterocycles. The predicted octanol–water partition coefficient (Wildman–Crippen LogP) is 2.06. The van der Waals surface area contributed by atoms with Crippen LogP contribution in [0, 0.1) is 11.8 Å². The molecule has 0 radical (unpaired) electrons. The zero-order valence-electron chi connectivity index (χ0n) is 7.17. The van der Waals surface area contributed by atoms with Crippen LogP contribution in [0.3, 0.4) is 0 Å². The molecule has 1 heteroatoms. The molecule has 0 aromatic carbocycles. The van der Waals surface area contributed by atoms with Crippen molar-refractivity contribution in [2.45, 2.75) is 13.3 Å². The summed E-state index contributed by atoms with van der Waals surface area (Å²) in [5.41, 5.74) is 2.85. The quantitative estimate of drug-likeness (QED) is 0.585. The molecular formula is C11H12O. The normalized spacial score (nSPS) is 8.83. The van der Waals surface area contributed by atoms with Crippen molar-refractivity contribution in [3.63, 3.8) is 0 Å². The van der Waals surface area contributed by atoms with Gasteiger partial charge in [0.05, 0.1) is 0 Å². The third kappa shape index (κ3) is 2.11. The Hall–Kier alpha value is -1.26. The van der Waals surface area contributed by atoms with Crippen LogP contribution < -0.4 is 0 Å². The number of fused-ring (bicyclic) bond motifs is 1. The molecular weight excluding hydrogens is 148 g/mol. The Bertz CT molecular complexity index is 258. The zero-order valence-corrected chi connectivity index (χ0v) is 7.17. The van der Waals surface area contributed by atoms with Crippen molar-refractivity contribution in [2.24, 2.45) is 0 Å². The molecule has 1 N–H and O–H groups in total. The minimum atomic E-state index is -0.00611. The van der Waals surface area contributed by atoms with Crippen molar-refractivity contribution >= 4 is 0 Å². The highest BCUT2D eigenvalue weighted by atomic mass is 16.2. The van der Waals surface area contributed by atoms with Crippen LogP contribution in [-0.2, 0) is 0 Å². The molecule has 12 heavy (non-hydrogen) atoms. The van der Waals surface area contributed by atoms with Crippen molar-refractivity contribution in [3.8, 4) is 23.0 Å². The molecule has 0 aromatic rings. The van der Waals surface area contributed by atoms with Gasteiger partial charge in [0.1, 0.15) is 6.61 Å². The van der Waals surface area contributed by atoms with Crippen LogP contribution in [0.2, 0.25) is 0 Å². The Morgan fingerprint density at radius 1 is 1.08 bits per heavy atom. The number of aliphatic hydroxyl groups excluding tert-OH is 1. The van der Waals surface area contributed by atoms with Gasteiger partial charge in [0, 0.05) is 6.42 Å². The maximum absolute atomic E-state index is 8.02. The standard InChI is InChI=1S/C6H4.C5H8O/c1-2-6-4-3-5(1)6;1-2-3-4-5-6/h1-4H;6H,2,5H2,1H3. The van der Waals surface area contributed by atoms with E-state index in [4.69, 9.17) is 5.11 Å². The summed E-state index contributed by atoms with van der Waals surface area (Å²) in [5.74, 6) is 5.20. The van der Waals surface area contributed by atoms with Gasteiger partial charge in [0.2, 0.25) is 0 Å². The van der Waals surface area contributed by atoms with Gasteiger partial charge in [-0.2, -0.15) is 0 Å². The molecule has 0 heterocycles. The topological polar surface area (TPSA) is 20.2 Å². The fraction of sp³-hybridized carbons (Fsp3) is 0.273. The SMILES string of the molecule is CCC#CCO.c1cc2ccc1-2. The van der Waals surface area contributed by atoms with Gasteiger partial charge in [0.15, 0.2) is 0 Å². The van der Waals surface area contributed by atoms with Gasteiger partial charge < -0.3 is 5.11 Å². The second-order valence-electron chi connectivity index (χ2n) is 2.44. The summed E-state index contributed by atoms with van der Waals surface area (Å²) < 4.78 is 0. The van der Waals surface area contributed by atoms with Crippen molar-refractivity contribution in [1.82, 2.24) is 0 Å². The summed E-state index contributed by atoms with van der Waals surface area (Å²) in [6.45, 7) is 1.94. The molecule has 2 aliphatic carbocycles. The van der Waals surface area contributed by atoms with Crippen LogP contribution in [0.15, 0.2) is 24.3 Å². The molecule has 0 aliphatic heterocycles. The molecule has 0 unspecified atom stereocenters. The second-order valence-corrected chi connectivity index (χ2v) is 2.44. The van der Waals surface area contributed by atoms with Gasteiger partial charge in [-0.3, -0.25) is 0 Å². The Balaban J connectivity index is 0.000000120. The maximum Gasteiger partial charge on any atom is 0.104 e. The molecule has 62 valence electrons. The van der Waals surface area contributed by atoms with E-state index in [1.54, 1.807) is 0 Å². The first kappa shape index (κ1) is 8.83. The predicted molar refractivity (Wildman–Crippen MR) is 50.6 cm³/mol. The maximum atomic E-state index is 8.02. The average Bonchev–Trinajstić information content (AvgIpc) is 2.09. The van der Waals surface area contributed by atoms with E-state index in [0.717, 1.165) is 6.42 Å². The molecule has 0 amide bonds. The van der Waals surface area contributed by atoms with Crippen LogP contribution in [0.5, 0.6) is 0 Å². The lowest BCUT2D eigenvalue weighted by molar-refractivity contribution is 0.350. The number of hydrogen-bond acceptors (Lipinski definition) is 1. The van der Waals surface area contributed by atoms with E-state index in [-0.39, 0.29) is 6.61 Å². The van der Waals surface area contributed by atoms with Crippen molar-refractivity contribution in [3.05, 3.63) is 24.3 Å². The summed E-state index contributed by atoms with van der Waals surface area (Å²) in [6, 6.07) is 8.48. The van der Waals surface area contributed by atoms with Gasteiger partial charge in [-0.05, 0) is 11.1 Å². The summed E-state index contributed by atoms with van der Waals surface area (Å²) in [7, 11) is 0. The lowest BCUT2D eigenvalue weighted by Gasteiger charge is -2.10. The monoisotopic (exact) mass is 160 g/mol. The fourth-order valence-corrected chi connectivity index (χ4v) is 0.844. The molecule has 0 bridgehead atoms. The van der Waals surface area contributed by atoms with Gasteiger partial charge in [-0.25, -0.2) is 0 Å². The fourth-order valence-electron chi connectivity index (χ4n) is 0.844. The van der Waals surface area contributed by atoms with Crippen LogP contribution in [-0.4, -0.2) is 11.7 Å². The van der Waals surface area contributed by atoms with E-state index in [1.807, 2.05) is 6.92 Å². The molecule has 0 saturated carbocycles. The van der Waals surface area contributed by atoms with Crippen LogP contribution >= 0.6 is 0 Å². The van der Waals surface area contributed by atoms with E-state index in [9.17, 15) is 0 Å². The highest BCUT2D eigenvalue weighted by Crippen LogP contribution is 2.29. The number of aliphatic hydroxyl groups is 1. The summed E-state index contributed by atoms with van der Waals surface area (Å²) in [6.07, 6.45) is 0.834. The molecule has 2 aliphatic rings. The summed E-state index contributed by atoms with van der Waals surface area (Å²) in [5, 5.41) is 8.02. The van der Waals surface area contributed by atoms with E-state index < -0.39 is 0 Å². The first-order valence-electron chi connectivity index (χ1n) is 4.05. The average molecular weight is 160 g/mol. The number of hydrogen-bond donors (Lipinski definition) is 1. The molecule has 0 spiro atoms. The van der Waals surface area contributed by atoms with Crippen LogP contribution in [0.1, 0.15) is 13.3 Å². The van der Waals surface area contributed by atoms with Gasteiger partial charge in [0.25, 0.3) is 0 Å². The molecule has 0 fully saturated rings. The van der Waals surface area contributed by atoms with Crippen molar-refractivity contribution in [2.75, 3.05) is 6.61 Å². The molecule has 2 rings (SSSR count). The van der Waals surface area contributed by atoms with E-state index in [1.165, 1.54) is 11.1 Å². The Kier molecular flexibility index (Phi) is 3.37. The van der Waals surface area contributed by atoms with Crippen molar-refractivity contribution in [1.29, 1.82) is 0 Å². The number of benzene rings is 1. The van der Waals surface area contributed by atoms with E-state index in [2.05, 4.69) is 36.1 Å². The lowest BCUT2D eigenvalue weighted by Crippen LogP contribution is -1.85. The van der Waals surface area contributed by atoms with E-state index >= 15 is 0 Å². The first-order valence-corrected chi connectivity index (χ1v) is 4.05. The summed E-state index contributed by atoms with van der Waals surface area (Å²) >= 11 is 0. The highest BCUT2D eigenvalue weighted by Gasteiger charge is 2.03. The van der Waals surface area contributed by atoms with Crippen LogP contribution in [0.25, 0.3) is 11.1 Å². The third-order valence-corrected chi connectivity index (χ3v) is 1.60. The molecule has 1 nitrogen and oxygen atoms in total. The van der Waals surface area contributed by atoms with Crippen LogP contribution in [0.4, 0.5) is 0 Å². The van der Waals surface area contributed by atoms with Gasteiger partial charge in [-0.15, -0.1) is 5.92 Å². The Morgan fingerprint density at radius 3 is 1.67 bits per heavy atom. The second kappa shape index (κ2) is 4.58. The molecule has 0 aromatic heterocycles. The largest absolute Gasteiger partial charge is 0.384 e. The molecule has 0 atom stereocenters. The van der Waals surface area contributed by atoms with Gasteiger partial charge >= 0.3 is 0 Å². The van der Waals surface area contributed by atoms with Crippen molar-refractivity contribution < 1.29 is 5.11 Å². The lowest BCUT2D eigenvalue weighted by atomic mass is 9.95. The summed E-state index contributed by atoms with van der Waals surface area (Å²) in [4.78, 5) is 0. The minimum absolute atomic E-state index is 0.00611. The highest BCUT2D eigenvalue weighted by molar-refractivity contribution is 5.75. The Morgan fingerprint density at radius 2 is 1.58 bits per heavy atom. The Labute approximate surface area is 73.0 Å².